The molecule has 0 aromatic heterocycles. The maximum absolute atomic E-state index is 12.7. The third-order valence-electron chi connectivity index (χ3n) is 5.87. The Bertz CT molecular complexity index is 1460. The summed E-state index contributed by atoms with van der Waals surface area (Å²) >= 11 is 0. The quantitative estimate of drug-likeness (QED) is 0.454. The van der Waals surface area contributed by atoms with E-state index in [1.54, 1.807) is 36.4 Å². The number of carbonyl (C=O) groups is 1. The van der Waals surface area contributed by atoms with Crippen LogP contribution in [-0.2, 0) is 9.84 Å². The average molecular weight is 458 g/mol. The average Bonchev–Trinajstić information content (AvgIpc) is 3.25. The summed E-state index contributed by atoms with van der Waals surface area (Å²) in [6.45, 7) is 2.95. The highest BCUT2D eigenvalue weighted by Crippen LogP contribution is 2.42. The van der Waals surface area contributed by atoms with Crippen LogP contribution in [0.15, 0.2) is 101 Å². The molecule has 6 heteroatoms. The predicted molar refractivity (Wildman–Crippen MR) is 130 cm³/mol. The number of hydrogen-bond acceptors (Lipinski definition) is 5. The molecule has 5 nitrogen and oxygen atoms in total. The number of carbonyl (C=O) groups excluding carboxylic acids is 1. The summed E-state index contributed by atoms with van der Waals surface area (Å²) in [5, 5.41) is 2.25. The van der Waals surface area contributed by atoms with Crippen LogP contribution in [0.2, 0.25) is 0 Å². The third-order valence-corrected chi connectivity index (χ3v) is 7.70. The molecule has 0 saturated carbocycles. The van der Waals surface area contributed by atoms with Gasteiger partial charge < -0.3 is 9.64 Å². The number of allylic oxidation sites excluding steroid dienone is 5. The largest absolute Gasteiger partial charge is 0.439 e. The number of unbranched alkanes of at least 4 members (excludes halogenated alkanes) is 1. The Morgan fingerprint density at radius 1 is 0.939 bits per heavy atom. The van der Waals surface area contributed by atoms with Crippen molar-refractivity contribution in [2.24, 2.45) is 0 Å². The van der Waals surface area contributed by atoms with Gasteiger partial charge in [0.15, 0.2) is 5.75 Å². The fourth-order valence-electron chi connectivity index (χ4n) is 4.17. The number of nitrogens with zero attached hydrogens (tertiary/aromatic N) is 1. The van der Waals surface area contributed by atoms with Gasteiger partial charge >= 0.3 is 0 Å². The first kappa shape index (κ1) is 21.2. The Hall–Kier alpha value is -3.64. The van der Waals surface area contributed by atoms with Crippen molar-refractivity contribution in [1.29, 1.82) is 0 Å². The number of ether oxygens (including phenoxy) is 1. The number of fused-ring (bicyclic) bond motifs is 3. The number of sulfone groups is 1. The Morgan fingerprint density at radius 3 is 2.39 bits per heavy atom. The molecule has 33 heavy (non-hydrogen) atoms. The summed E-state index contributed by atoms with van der Waals surface area (Å²) in [7, 11) is -3.79. The van der Waals surface area contributed by atoms with Crippen LogP contribution in [0.25, 0.3) is 10.8 Å². The van der Waals surface area contributed by atoms with Crippen LogP contribution in [0.5, 0.6) is 5.75 Å². The van der Waals surface area contributed by atoms with Gasteiger partial charge in [-0.05, 0) is 53.6 Å². The van der Waals surface area contributed by atoms with Gasteiger partial charge in [-0.3, -0.25) is 4.79 Å². The van der Waals surface area contributed by atoms with Gasteiger partial charge in [-0.25, -0.2) is 8.42 Å². The first-order chi connectivity index (χ1) is 16.0. The van der Waals surface area contributed by atoms with Crippen molar-refractivity contribution in [3.63, 3.8) is 0 Å². The van der Waals surface area contributed by atoms with E-state index >= 15 is 0 Å². The van der Waals surface area contributed by atoms with Crippen LogP contribution in [0, 0.1) is 0 Å². The Balaban J connectivity index is 1.45. The molecule has 0 spiro atoms. The van der Waals surface area contributed by atoms with Crippen molar-refractivity contribution in [3.8, 4) is 5.75 Å². The second-order valence-corrected chi connectivity index (χ2v) is 9.91. The fraction of sp³-hybridized carbons (Fsp3) is 0.148. The zero-order valence-corrected chi connectivity index (χ0v) is 19.0. The summed E-state index contributed by atoms with van der Waals surface area (Å²) in [5.74, 6) is 1.00. The molecule has 0 unspecified atom stereocenters. The van der Waals surface area contributed by atoms with Gasteiger partial charge in [0, 0.05) is 12.1 Å². The number of rotatable bonds is 5. The first-order valence-electron chi connectivity index (χ1n) is 11.0. The van der Waals surface area contributed by atoms with Gasteiger partial charge in [-0.2, -0.15) is 0 Å². The van der Waals surface area contributed by atoms with Gasteiger partial charge in [0.2, 0.25) is 21.5 Å². The first-order valence-corrected chi connectivity index (χ1v) is 12.4. The standard InChI is InChI=1S/C27H23NO4S/c1-2-3-16-28-22-17-19-10-4-5-11-20(19)18-23(22)32-26(28)15-9-8-14-25-27(29)21-12-6-7-13-24(21)33(25,30)31/h4-15,17-18H,2-3,16H2,1H3/b9-8+,25-14-,26-15-. The Kier molecular flexibility index (Phi) is 5.38. The minimum atomic E-state index is -3.79. The van der Waals surface area contributed by atoms with Crippen molar-refractivity contribution < 1.29 is 17.9 Å². The number of hydrogen-bond donors (Lipinski definition) is 0. The van der Waals surface area contributed by atoms with E-state index in [2.05, 4.69) is 30.0 Å². The van der Waals surface area contributed by atoms with Crippen molar-refractivity contribution in [1.82, 2.24) is 0 Å². The number of Topliss-reactive ketones (excluding diaryl/α,β-unsaturated/α-hetero) is 1. The van der Waals surface area contributed by atoms with E-state index in [4.69, 9.17) is 4.74 Å². The van der Waals surface area contributed by atoms with E-state index in [0.717, 1.165) is 41.6 Å². The summed E-state index contributed by atoms with van der Waals surface area (Å²) in [6.07, 6.45) is 8.50. The lowest BCUT2D eigenvalue weighted by molar-refractivity contribution is 0.104. The van der Waals surface area contributed by atoms with Crippen LogP contribution in [-0.4, -0.2) is 20.7 Å². The predicted octanol–water partition coefficient (Wildman–Crippen LogP) is 5.79. The number of benzene rings is 3. The number of ketones is 1. The van der Waals surface area contributed by atoms with E-state index in [1.807, 2.05) is 18.2 Å². The van der Waals surface area contributed by atoms with Gasteiger partial charge in [-0.15, -0.1) is 0 Å². The normalized spacial score (nSPS) is 18.9. The molecule has 0 bridgehead atoms. The second kappa shape index (κ2) is 8.37. The van der Waals surface area contributed by atoms with Crippen LogP contribution >= 0.6 is 0 Å². The van der Waals surface area contributed by atoms with Crippen molar-refractivity contribution in [2.45, 2.75) is 24.7 Å². The van der Waals surface area contributed by atoms with Crippen molar-refractivity contribution in [3.05, 3.63) is 101 Å². The van der Waals surface area contributed by atoms with E-state index in [1.165, 1.54) is 12.1 Å². The zero-order chi connectivity index (χ0) is 23.0. The molecule has 0 radical (unpaired) electrons. The molecular formula is C27H23NO4S. The molecule has 3 aromatic rings. The molecule has 2 heterocycles. The second-order valence-electron chi connectivity index (χ2n) is 8.02. The van der Waals surface area contributed by atoms with Crippen LogP contribution in [0.3, 0.4) is 0 Å². The molecule has 0 amide bonds. The SMILES string of the molecule is CCCCN1/C(=C/C=C/C=C2/C(=O)c3ccccc3S2(=O)=O)Oc2cc3ccccc3cc21. The van der Waals surface area contributed by atoms with Crippen molar-refractivity contribution >= 4 is 32.1 Å². The maximum atomic E-state index is 12.7. The lowest BCUT2D eigenvalue weighted by Gasteiger charge is -2.17. The lowest BCUT2D eigenvalue weighted by Crippen LogP contribution is -2.21. The van der Waals surface area contributed by atoms with Gasteiger partial charge in [0.1, 0.15) is 4.91 Å². The Morgan fingerprint density at radius 2 is 1.64 bits per heavy atom. The molecule has 0 atom stereocenters. The summed E-state index contributed by atoms with van der Waals surface area (Å²) < 4.78 is 31.6. The van der Waals surface area contributed by atoms with Gasteiger partial charge in [0.25, 0.3) is 0 Å². The monoisotopic (exact) mass is 457 g/mol. The van der Waals surface area contributed by atoms with E-state index < -0.39 is 15.6 Å². The smallest absolute Gasteiger partial charge is 0.211 e. The van der Waals surface area contributed by atoms with E-state index in [-0.39, 0.29) is 15.4 Å². The number of anilines is 1. The molecule has 3 aromatic carbocycles. The molecule has 5 rings (SSSR count). The Labute approximate surface area is 193 Å². The van der Waals surface area contributed by atoms with Crippen LogP contribution in [0.1, 0.15) is 30.1 Å². The van der Waals surface area contributed by atoms with E-state index in [9.17, 15) is 13.2 Å². The molecule has 2 aliphatic heterocycles. The molecule has 2 aliphatic rings. The summed E-state index contributed by atoms with van der Waals surface area (Å²) in [6, 6.07) is 18.6. The van der Waals surface area contributed by atoms with Crippen LogP contribution < -0.4 is 9.64 Å². The van der Waals surface area contributed by atoms with Crippen molar-refractivity contribution in [2.75, 3.05) is 11.4 Å². The molecule has 0 fully saturated rings. The minimum absolute atomic E-state index is 0.0698. The summed E-state index contributed by atoms with van der Waals surface area (Å²) in [4.78, 5) is 14.6. The van der Waals surface area contributed by atoms with Crippen LogP contribution in [0.4, 0.5) is 5.69 Å². The molecule has 0 aliphatic carbocycles. The third kappa shape index (κ3) is 3.66. The zero-order valence-electron chi connectivity index (χ0n) is 18.2. The minimum Gasteiger partial charge on any atom is -0.439 e. The fourth-order valence-corrected chi connectivity index (χ4v) is 5.72. The topological polar surface area (TPSA) is 63.7 Å². The van der Waals surface area contributed by atoms with Gasteiger partial charge in [0.05, 0.1) is 10.6 Å². The molecule has 0 N–H and O–H groups in total. The summed E-state index contributed by atoms with van der Waals surface area (Å²) in [5.41, 5.74) is 1.24. The van der Waals surface area contributed by atoms with Gasteiger partial charge in [-0.1, -0.05) is 61.9 Å². The van der Waals surface area contributed by atoms with E-state index in [0.29, 0.717) is 5.88 Å². The highest BCUT2D eigenvalue weighted by molar-refractivity contribution is 7.97. The maximum Gasteiger partial charge on any atom is 0.211 e. The highest BCUT2D eigenvalue weighted by Gasteiger charge is 2.38. The lowest BCUT2D eigenvalue weighted by atomic mass is 10.1. The molecular weight excluding hydrogens is 434 g/mol. The molecule has 166 valence electrons. The molecule has 0 saturated heterocycles. The highest BCUT2D eigenvalue weighted by atomic mass is 32.2.